The Morgan fingerprint density at radius 2 is 1.92 bits per heavy atom. The minimum atomic E-state index is -4.65. The Hall–Kier alpha value is -1.96. The number of ketones is 2. The van der Waals surface area contributed by atoms with Gasteiger partial charge >= 0.3 is 6.18 Å². The Bertz CT molecular complexity index is 1120. The molecule has 8 nitrogen and oxygen atoms in total. The zero-order chi connectivity index (χ0) is 27.3. The van der Waals surface area contributed by atoms with Gasteiger partial charge in [-0.25, -0.2) is 4.39 Å². The van der Waals surface area contributed by atoms with Gasteiger partial charge in [-0.3, -0.25) is 9.59 Å². The van der Waals surface area contributed by atoms with Crippen LogP contribution in [0.4, 0.5) is 17.6 Å². The highest BCUT2D eigenvalue weighted by Crippen LogP contribution is 2.45. The number of carbonyl (C=O) groups is 2. The molecular weight excluding hydrogens is 538 g/mol. The van der Waals surface area contributed by atoms with Gasteiger partial charge in [0.25, 0.3) is 0 Å². The fourth-order valence-electron chi connectivity index (χ4n) is 7.10. The number of rotatable bonds is 7. The maximum Gasteiger partial charge on any atom is 0.445 e. The molecule has 1 N–H and O–H groups in total. The van der Waals surface area contributed by atoms with Crippen LogP contribution in [-0.4, -0.2) is 94.2 Å². The molecule has 0 radical (unpaired) electrons. The maximum absolute atomic E-state index is 15.7. The number of fused-ring (bicyclic) bond motifs is 2. The molecular formula is C26H33F4N5O3S. The first-order valence-corrected chi connectivity index (χ1v) is 14.7. The van der Waals surface area contributed by atoms with Crippen molar-refractivity contribution in [1.29, 1.82) is 0 Å². The fraction of sp³-hybridized carbons (Fsp3) is 0.769. The molecule has 0 spiro atoms. The summed E-state index contributed by atoms with van der Waals surface area (Å²) in [5, 5.41) is 8.83. The third kappa shape index (κ3) is 5.27. The smallest absolute Gasteiger partial charge is 0.369 e. The molecule has 1 aromatic rings. The Morgan fingerprint density at radius 1 is 1.15 bits per heavy atom. The first-order valence-electron chi connectivity index (χ1n) is 13.9. The van der Waals surface area contributed by atoms with Crippen LogP contribution >= 0.6 is 11.3 Å². The summed E-state index contributed by atoms with van der Waals surface area (Å²) < 4.78 is 61.2. The van der Waals surface area contributed by atoms with Crippen LogP contribution in [0.15, 0.2) is 11.8 Å². The molecule has 7 atom stereocenters. The van der Waals surface area contributed by atoms with Crippen molar-refractivity contribution in [2.24, 2.45) is 5.92 Å². The zero-order valence-electron chi connectivity index (χ0n) is 21.5. The molecule has 7 unspecified atom stereocenters. The van der Waals surface area contributed by atoms with Gasteiger partial charge in [0.1, 0.15) is 11.2 Å². The van der Waals surface area contributed by atoms with Gasteiger partial charge in [0.2, 0.25) is 5.01 Å². The molecule has 13 heteroatoms. The number of likely N-dealkylation sites (tertiary alicyclic amines) is 1. The monoisotopic (exact) mass is 571 g/mol. The lowest BCUT2D eigenvalue weighted by Gasteiger charge is -2.59. The van der Waals surface area contributed by atoms with E-state index in [0.29, 0.717) is 17.9 Å². The maximum atomic E-state index is 15.7. The van der Waals surface area contributed by atoms with E-state index in [1.54, 1.807) is 6.20 Å². The van der Waals surface area contributed by atoms with E-state index in [1.807, 2.05) is 0 Å². The molecule has 4 heterocycles. The van der Waals surface area contributed by atoms with Crippen molar-refractivity contribution in [3.63, 3.8) is 0 Å². The first-order chi connectivity index (χ1) is 18.7. The molecule has 5 aliphatic rings. The van der Waals surface area contributed by atoms with Crippen LogP contribution < -0.4 is 5.32 Å². The van der Waals surface area contributed by atoms with E-state index in [-0.39, 0.29) is 35.2 Å². The van der Waals surface area contributed by atoms with Crippen LogP contribution in [0.3, 0.4) is 0 Å². The minimum absolute atomic E-state index is 0.0275. The summed E-state index contributed by atoms with van der Waals surface area (Å²) in [7, 11) is 0. The number of aromatic nitrogens is 2. The number of hydrogen-bond acceptors (Lipinski definition) is 9. The predicted octanol–water partition coefficient (Wildman–Crippen LogP) is 2.93. The molecule has 0 amide bonds. The molecule has 6 rings (SSSR count). The van der Waals surface area contributed by atoms with Gasteiger partial charge in [-0.15, -0.1) is 10.2 Å². The van der Waals surface area contributed by atoms with E-state index in [4.69, 9.17) is 4.74 Å². The molecule has 2 aliphatic carbocycles. The van der Waals surface area contributed by atoms with E-state index in [2.05, 4.69) is 25.3 Å². The summed E-state index contributed by atoms with van der Waals surface area (Å²) in [4.78, 5) is 31.3. The van der Waals surface area contributed by atoms with E-state index >= 15 is 4.39 Å². The third-order valence-electron chi connectivity index (χ3n) is 8.91. The number of halogens is 4. The van der Waals surface area contributed by atoms with Crippen LogP contribution in [0.2, 0.25) is 0 Å². The molecule has 2 saturated carbocycles. The molecule has 2 saturated heterocycles. The number of allylic oxidation sites excluding steroid dienone is 1. The number of carbonyl (C=O) groups excluding carboxylic acids is 2. The zero-order valence-corrected chi connectivity index (χ0v) is 22.4. The predicted molar refractivity (Wildman–Crippen MR) is 134 cm³/mol. The fourth-order valence-corrected chi connectivity index (χ4v) is 7.80. The van der Waals surface area contributed by atoms with Crippen LogP contribution in [0.1, 0.15) is 55.0 Å². The SMILES string of the molecule is O=C(Cc1nnc(C(F)(F)F)s1)C1=CN2C3CCCCC3OC3C(NCCN4CCCC4)C(F)CC(C1=O)C32. The Labute approximate surface area is 228 Å². The number of ether oxygens (including phenoxy) is 1. The number of morpholine rings is 1. The van der Waals surface area contributed by atoms with Gasteiger partial charge in [-0.05, 0) is 45.2 Å². The average Bonchev–Trinajstić information content (AvgIpc) is 3.59. The third-order valence-corrected chi connectivity index (χ3v) is 9.88. The second kappa shape index (κ2) is 10.8. The largest absolute Gasteiger partial charge is 0.445 e. The van der Waals surface area contributed by atoms with Crippen LogP contribution in [-0.2, 0) is 26.9 Å². The van der Waals surface area contributed by atoms with Gasteiger partial charge in [0.05, 0.1) is 42.3 Å². The van der Waals surface area contributed by atoms with Crippen LogP contribution in [0.25, 0.3) is 0 Å². The lowest BCUT2D eigenvalue weighted by molar-refractivity contribution is -0.197. The van der Waals surface area contributed by atoms with Crippen molar-refractivity contribution in [3.05, 3.63) is 21.8 Å². The Morgan fingerprint density at radius 3 is 2.67 bits per heavy atom. The summed E-state index contributed by atoms with van der Waals surface area (Å²) >= 11 is 0.298. The van der Waals surface area contributed by atoms with Gasteiger partial charge in [0.15, 0.2) is 11.6 Å². The second-order valence-electron chi connectivity index (χ2n) is 11.3. The van der Waals surface area contributed by atoms with E-state index in [1.165, 1.54) is 12.8 Å². The topological polar surface area (TPSA) is 87.7 Å². The van der Waals surface area contributed by atoms with Crippen molar-refractivity contribution < 1.29 is 31.9 Å². The van der Waals surface area contributed by atoms with Gasteiger partial charge in [-0.2, -0.15) is 13.2 Å². The number of alkyl halides is 4. The Kier molecular flexibility index (Phi) is 7.53. The molecule has 1 aromatic heterocycles. The molecule has 0 bridgehead atoms. The summed E-state index contributed by atoms with van der Waals surface area (Å²) in [5.41, 5.74) is -0.0855. The quantitative estimate of drug-likeness (QED) is 0.395. The van der Waals surface area contributed by atoms with E-state index < -0.39 is 53.4 Å². The van der Waals surface area contributed by atoms with E-state index in [0.717, 1.165) is 45.3 Å². The minimum Gasteiger partial charge on any atom is -0.369 e. The van der Waals surface area contributed by atoms with Crippen molar-refractivity contribution in [1.82, 2.24) is 25.3 Å². The second-order valence-corrected chi connectivity index (χ2v) is 12.4. The van der Waals surface area contributed by atoms with Gasteiger partial charge < -0.3 is 19.9 Å². The van der Waals surface area contributed by atoms with Crippen LogP contribution in [0, 0.1) is 5.92 Å². The number of hydrogen-bond donors (Lipinski definition) is 1. The van der Waals surface area contributed by atoms with Crippen molar-refractivity contribution in [2.45, 2.75) is 94.0 Å². The summed E-state index contributed by atoms with van der Waals surface area (Å²) in [6, 6.07) is -0.971. The summed E-state index contributed by atoms with van der Waals surface area (Å²) in [6.07, 6.45) is 0.472. The van der Waals surface area contributed by atoms with E-state index in [9.17, 15) is 22.8 Å². The molecule has 39 heavy (non-hydrogen) atoms. The average molecular weight is 572 g/mol. The molecule has 0 aromatic carbocycles. The lowest BCUT2D eigenvalue weighted by atomic mass is 9.69. The highest BCUT2D eigenvalue weighted by atomic mass is 32.1. The first kappa shape index (κ1) is 27.2. The summed E-state index contributed by atoms with van der Waals surface area (Å²) in [6.45, 7) is 3.57. The summed E-state index contributed by atoms with van der Waals surface area (Å²) in [5.74, 6) is -1.82. The molecule has 4 fully saturated rings. The van der Waals surface area contributed by atoms with Gasteiger partial charge in [-0.1, -0.05) is 24.2 Å². The van der Waals surface area contributed by atoms with Crippen molar-refractivity contribution in [2.75, 3.05) is 26.2 Å². The molecule has 214 valence electrons. The van der Waals surface area contributed by atoms with Crippen molar-refractivity contribution in [3.8, 4) is 0 Å². The van der Waals surface area contributed by atoms with Gasteiger partial charge in [0, 0.05) is 25.2 Å². The van der Waals surface area contributed by atoms with Crippen molar-refractivity contribution >= 4 is 22.9 Å². The molecule has 3 aliphatic heterocycles. The normalized spacial score (nSPS) is 35.0. The highest BCUT2D eigenvalue weighted by Gasteiger charge is 2.58. The lowest BCUT2D eigenvalue weighted by Crippen LogP contribution is -2.72. The Balaban J connectivity index is 1.25. The standard InChI is InChI=1S/C26H33F4N5O3S/c27-16-11-14-22-24(21(16)31-7-10-34-8-3-4-9-34)38-19-6-2-1-5-17(19)35(22)13-15(23(14)37)18(36)12-20-32-33-25(39-20)26(28,29)30/h13-14,16-17,19,21-22,24,31H,1-12H2. The number of Topliss-reactive ketones (excluding diaryl/α,β-unsaturated/α-hetero) is 2. The number of nitrogens with zero attached hydrogens (tertiary/aromatic N) is 4. The van der Waals surface area contributed by atoms with Crippen LogP contribution in [0.5, 0.6) is 0 Å². The number of nitrogens with one attached hydrogen (secondary N) is 1. The highest BCUT2D eigenvalue weighted by molar-refractivity contribution is 7.11.